The predicted molar refractivity (Wildman–Crippen MR) is 357 cm³/mol. The zero-order valence-corrected chi connectivity index (χ0v) is 54.8. The van der Waals surface area contributed by atoms with E-state index < -0.39 is 63.0 Å². The number of H-pyrrole nitrogens is 3. The highest BCUT2D eigenvalue weighted by atomic mass is 35.5. The number of ketones is 1. The fourth-order valence-corrected chi connectivity index (χ4v) is 12.5. The maximum Gasteiger partial charge on any atom is 0.516 e. The molecule has 3 heterocycles. The second-order valence-electron chi connectivity index (χ2n) is 22.5. The van der Waals surface area contributed by atoms with Gasteiger partial charge in [-0.3, -0.25) is 14.2 Å². The van der Waals surface area contributed by atoms with E-state index in [1.807, 2.05) is 60.7 Å². The molecule has 5 N–H and O–H groups in total. The number of imidazole rings is 3. The lowest BCUT2D eigenvalue weighted by Gasteiger charge is -2.14. The maximum atomic E-state index is 12.8. The number of benzene rings is 9. The zero-order valence-electron chi connectivity index (χ0n) is 51.6. The number of nitrogens with zero attached hydrogens (tertiary/aromatic N) is 3. The van der Waals surface area contributed by atoms with Gasteiger partial charge in [-0.15, -0.1) is 0 Å². The first-order chi connectivity index (χ1) is 47.0. The second-order valence-corrected chi connectivity index (χ2v) is 28.2. The number of hydrogen-bond donors (Lipinski definition) is 5. The molecule has 0 aliphatic rings. The Bertz CT molecular complexity index is 5320. The molecule has 15 nitrogen and oxygen atoms in total. The van der Waals surface area contributed by atoms with Gasteiger partial charge in [0.05, 0.1) is 54.9 Å². The minimum Gasteiger partial charge on any atom is -0.342 e. The SMILES string of the molecule is CC(=O)c1ccccc1-c1ccc2nc(CCc3ccc(Cl)cc3)[nH]c2c1.O=S(=O)(Nc1ccccc1-c1ccc2nc(CCc3ccc(C(F)(F)F)cc3)[nH]c2c1)C(F)(F)F.O=S(=O)(Nc1ccccc1-c1ccc2nc(CCc3ccc(S(=O)(=O)C(F)(F)F)cc3)[nH]c2c1)C(F)(F)F. The number of alkyl halides is 12. The Kier molecular flexibility index (Phi) is 21.1. The molecule has 9 aromatic carbocycles. The van der Waals surface area contributed by atoms with Crippen LogP contribution in [0.25, 0.3) is 66.5 Å². The van der Waals surface area contributed by atoms with Crippen molar-refractivity contribution in [1.29, 1.82) is 0 Å². The van der Waals surface area contributed by atoms with E-state index in [4.69, 9.17) is 11.6 Å². The number of anilines is 2. The van der Waals surface area contributed by atoms with Crippen molar-refractivity contribution in [3.8, 4) is 33.4 Å². The molecule has 0 atom stereocenters. The number of nitrogens with one attached hydrogen (secondary N) is 5. The summed E-state index contributed by atoms with van der Waals surface area (Å²) >= 11 is 5.94. The van der Waals surface area contributed by atoms with E-state index >= 15 is 0 Å². The Morgan fingerprint density at radius 3 is 1.11 bits per heavy atom. The Labute approximate surface area is 567 Å². The van der Waals surface area contributed by atoms with Gasteiger partial charge in [0.25, 0.3) is 9.84 Å². The van der Waals surface area contributed by atoms with Gasteiger partial charge in [-0.25, -0.2) is 23.4 Å². The smallest absolute Gasteiger partial charge is 0.342 e. The normalized spacial score (nSPS) is 12.4. The van der Waals surface area contributed by atoms with E-state index in [-0.39, 0.29) is 28.3 Å². The fourth-order valence-electron chi connectivity index (χ4n) is 10.4. The Hall–Kier alpha value is -10.0. The number of rotatable bonds is 18. The zero-order chi connectivity index (χ0) is 72.2. The molecular weight excluding hydrogens is 1410 g/mol. The number of para-hydroxylation sites is 2. The lowest BCUT2D eigenvalue weighted by molar-refractivity contribution is -0.137. The van der Waals surface area contributed by atoms with Crippen LogP contribution >= 0.6 is 11.6 Å². The third-order valence-electron chi connectivity index (χ3n) is 15.5. The van der Waals surface area contributed by atoms with Crippen LogP contribution in [-0.4, -0.2) is 77.5 Å². The Balaban J connectivity index is 0.000000164. The number of carbonyl (C=O) groups excluding carboxylic acids is 1. The summed E-state index contributed by atoms with van der Waals surface area (Å²) < 4.78 is 226. The molecule has 0 bridgehead atoms. The highest BCUT2D eigenvalue weighted by Crippen LogP contribution is 2.37. The number of halogens is 13. The van der Waals surface area contributed by atoms with Crippen LogP contribution in [0.4, 0.5) is 64.1 Å². The number of sulfonamides is 2. The molecule has 0 fully saturated rings. The number of hydrogen-bond acceptors (Lipinski definition) is 10. The molecule has 0 aliphatic carbocycles. The van der Waals surface area contributed by atoms with E-state index in [2.05, 4.69) is 36.0 Å². The summed E-state index contributed by atoms with van der Waals surface area (Å²) in [5, 5.41) is 0.751. The van der Waals surface area contributed by atoms with E-state index in [0.29, 0.717) is 81.7 Å². The lowest BCUT2D eigenvalue weighted by Crippen LogP contribution is -2.30. The Morgan fingerprint density at radius 1 is 0.410 bits per heavy atom. The van der Waals surface area contributed by atoms with Crippen LogP contribution in [0.15, 0.2) is 205 Å². The molecule has 100 heavy (non-hydrogen) atoms. The predicted octanol–water partition coefficient (Wildman–Crippen LogP) is 17.7. The third-order valence-corrected chi connectivity index (χ3v) is 19.4. The molecule has 0 saturated carbocycles. The number of sulfone groups is 1. The second kappa shape index (κ2) is 29.0. The molecule has 12 aromatic rings. The van der Waals surface area contributed by atoms with Crippen LogP contribution < -0.4 is 9.44 Å². The van der Waals surface area contributed by atoms with E-state index in [1.54, 1.807) is 58.8 Å². The first-order valence-corrected chi connectivity index (χ1v) is 34.6. The van der Waals surface area contributed by atoms with Gasteiger partial charge in [0, 0.05) is 41.0 Å². The molecule has 0 radical (unpaired) electrons. The number of Topliss-reactive ketones (excluding diaryl/α,β-unsaturated/α-hetero) is 1. The van der Waals surface area contributed by atoms with Crippen molar-refractivity contribution in [2.24, 2.45) is 0 Å². The van der Waals surface area contributed by atoms with Gasteiger partial charge in [0.1, 0.15) is 17.5 Å². The van der Waals surface area contributed by atoms with Crippen LogP contribution in [-0.2, 0) is 74.6 Å². The number of fused-ring (bicyclic) bond motifs is 3. The summed E-state index contributed by atoms with van der Waals surface area (Å²) in [5.74, 6) is 2.09. The van der Waals surface area contributed by atoms with Crippen molar-refractivity contribution in [2.75, 3.05) is 9.44 Å². The van der Waals surface area contributed by atoms with Crippen molar-refractivity contribution >= 4 is 91.7 Å². The van der Waals surface area contributed by atoms with Crippen LogP contribution in [0.3, 0.4) is 0 Å². The lowest BCUT2D eigenvalue weighted by atomic mass is 9.97. The van der Waals surface area contributed by atoms with Gasteiger partial charge < -0.3 is 15.0 Å². The van der Waals surface area contributed by atoms with Gasteiger partial charge in [-0.1, -0.05) is 127 Å². The summed E-state index contributed by atoms with van der Waals surface area (Å²) in [6.07, 6.45) is -1.19. The topological polar surface area (TPSA) is 230 Å². The fraction of sp³-hybridized carbons (Fsp3) is 0.159. The third kappa shape index (κ3) is 17.3. The Morgan fingerprint density at radius 2 is 0.750 bits per heavy atom. The number of aryl methyl sites for hydroxylation is 6. The van der Waals surface area contributed by atoms with Crippen LogP contribution in [0, 0.1) is 0 Å². The quantitative estimate of drug-likeness (QED) is 0.0403. The van der Waals surface area contributed by atoms with Crippen molar-refractivity contribution < 1.29 is 82.7 Å². The molecule has 0 aliphatic heterocycles. The molecule has 31 heteroatoms. The molecule has 520 valence electrons. The molecule has 3 aromatic heterocycles. The first-order valence-electron chi connectivity index (χ1n) is 29.8. The highest BCUT2D eigenvalue weighted by Gasteiger charge is 2.48. The summed E-state index contributed by atoms with van der Waals surface area (Å²) in [6.45, 7) is 1.60. The van der Waals surface area contributed by atoms with Crippen molar-refractivity contribution in [2.45, 2.75) is 73.0 Å². The first kappa shape index (κ1) is 72.7. The van der Waals surface area contributed by atoms with Gasteiger partial charge in [0.2, 0.25) is 0 Å². The molecule has 0 unspecified atom stereocenters. The number of carbonyl (C=O) groups is 1. The molecule has 0 amide bonds. The summed E-state index contributed by atoms with van der Waals surface area (Å²) in [5.41, 5.74) is -6.98. The average Bonchev–Trinajstić information content (AvgIpc) is 1.36. The number of aromatic nitrogens is 6. The van der Waals surface area contributed by atoms with Crippen molar-refractivity contribution in [3.05, 3.63) is 251 Å². The molecular formula is C69H53ClF12N8O7S3. The molecule has 0 saturated heterocycles. The average molecular weight is 1470 g/mol. The monoisotopic (exact) mass is 1460 g/mol. The standard InChI is InChI=1S/C23H19ClN2O.C23H17F6N3O4S2.C23H17F6N3O2S/c1-15(27)19-4-2-3-5-20(19)17-9-12-21-22(14-17)26-23(25-21)13-8-16-6-10-18(24)11-7-16;24-22(25,26)37(33,34)16-9-5-14(6-10-16)7-12-21-30-19-11-8-15(13-20(19)31-21)17-3-1-2-4-18(17)32-38(35,36)23(27,28)29;24-22(25,26)16-9-5-14(6-10-16)7-12-21-30-19-11-8-15(13-20(19)31-21)17-3-1-2-4-18(17)32-35(33,34)23(27,28)29/h2-7,9-12,14H,8,13H2,1H3,(H,25,26);1-6,8-11,13,32H,7,12H2,(H,30,31);1-6,8-11,13,32H,7,12H2,(H,30,31). The van der Waals surface area contributed by atoms with Crippen LogP contribution in [0.5, 0.6) is 0 Å². The van der Waals surface area contributed by atoms with E-state index in [0.717, 1.165) is 75.7 Å². The van der Waals surface area contributed by atoms with Gasteiger partial charge in [0.15, 0.2) is 5.78 Å². The van der Waals surface area contributed by atoms with E-state index in [1.165, 1.54) is 72.3 Å². The van der Waals surface area contributed by atoms with Crippen LogP contribution in [0.1, 0.15) is 57.0 Å². The maximum absolute atomic E-state index is 12.8. The molecule has 0 spiro atoms. The molecule has 12 rings (SSSR count). The highest BCUT2D eigenvalue weighted by molar-refractivity contribution is 7.94. The minimum absolute atomic E-state index is 0.0685. The van der Waals surface area contributed by atoms with E-state index in [9.17, 15) is 82.7 Å². The summed E-state index contributed by atoms with van der Waals surface area (Å²) in [4.78, 5) is 34.2. The van der Waals surface area contributed by atoms with Crippen LogP contribution in [0.2, 0.25) is 5.02 Å². The van der Waals surface area contributed by atoms with Crippen molar-refractivity contribution in [1.82, 2.24) is 29.9 Å². The van der Waals surface area contributed by atoms with Gasteiger partial charge in [-0.2, -0.15) is 69.5 Å². The largest absolute Gasteiger partial charge is 0.516 e. The summed E-state index contributed by atoms with van der Waals surface area (Å²) in [7, 11) is -16.7. The number of aromatic amines is 3. The summed E-state index contributed by atoms with van der Waals surface area (Å²) in [6, 6.07) is 51.7. The van der Waals surface area contributed by atoms with Gasteiger partial charge in [-0.05, 0) is 150 Å². The van der Waals surface area contributed by atoms with Gasteiger partial charge >= 0.3 is 42.7 Å². The minimum atomic E-state index is -5.63. The van der Waals surface area contributed by atoms with Crippen molar-refractivity contribution in [3.63, 3.8) is 0 Å².